The maximum absolute atomic E-state index is 12.1. The van der Waals surface area contributed by atoms with E-state index in [-0.39, 0.29) is 6.03 Å². The lowest BCUT2D eigenvalue weighted by atomic mass is 10.2. The summed E-state index contributed by atoms with van der Waals surface area (Å²) in [5.74, 6) is 2.52. The number of hydrogen-bond acceptors (Lipinski definition) is 6. The number of hydrogen-bond donors (Lipinski definition) is 3. The van der Waals surface area contributed by atoms with E-state index in [0.717, 1.165) is 43.0 Å². The molecule has 0 unspecified atom stereocenters. The first-order chi connectivity index (χ1) is 13.8. The fraction of sp³-hybridized carbons (Fsp3) is 0.300. The van der Waals surface area contributed by atoms with Crippen LogP contribution in [0.2, 0.25) is 0 Å². The molecule has 1 saturated carbocycles. The second-order valence-electron chi connectivity index (χ2n) is 6.69. The predicted molar refractivity (Wildman–Crippen MR) is 106 cm³/mol. The molecule has 4 rings (SSSR count). The van der Waals surface area contributed by atoms with Crippen LogP contribution >= 0.6 is 0 Å². The van der Waals surface area contributed by atoms with Crippen LogP contribution in [-0.4, -0.2) is 34.2 Å². The molecular weight excluding hydrogens is 356 g/mol. The molecule has 1 fully saturated rings. The molecule has 2 heterocycles. The predicted octanol–water partition coefficient (Wildman–Crippen LogP) is 3.63. The van der Waals surface area contributed by atoms with E-state index in [9.17, 15) is 4.79 Å². The van der Waals surface area contributed by atoms with Crippen LogP contribution in [0.25, 0.3) is 11.5 Å². The molecular formula is C20H22N6O2. The Hall–Kier alpha value is -3.42. The Morgan fingerprint density at radius 3 is 2.89 bits per heavy atom. The number of benzene rings is 1. The molecule has 28 heavy (non-hydrogen) atoms. The molecule has 8 nitrogen and oxygen atoms in total. The summed E-state index contributed by atoms with van der Waals surface area (Å²) in [5, 5.41) is 12.9. The van der Waals surface area contributed by atoms with Crippen molar-refractivity contribution in [3.63, 3.8) is 0 Å². The monoisotopic (exact) mass is 378 g/mol. The first-order valence-electron chi connectivity index (χ1n) is 9.42. The van der Waals surface area contributed by atoms with Gasteiger partial charge >= 0.3 is 6.03 Å². The molecule has 0 saturated heterocycles. The fourth-order valence-corrected chi connectivity index (χ4v) is 2.74. The van der Waals surface area contributed by atoms with E-state index >= 15 is 0 Å². The standard InChI is InChI=1S/C20H22N6O2/c27-20(23-12-4-11-22-17-7-1-2-10-21-17)24-16-6-3-5-15(13-16)19-25-18(26-28-19)14-8-9-14/h1-3,5-7,10,13-14H,4,8-9,11-12H2,(H,21,22)(H2,23,24,27). The lowest BCUT2D eigenvalue weighted by Gasteiger charge is -2.09. The number of amides is 2. The lowest BCUT2D eigenvalue weighted by molar-refractivity contribution is 0.252. The van der Waals surface area contributed by atoms with E-state index in [4.69, 9.17) is 4.52 Å². The van der Waals surface area contributed by atoms with E-state index in [1.807, 2.05) is 42.5 Å². The number of aromatic nitrogens is 3. The van der Waals surface area contributed by atoms with Gasteiger partial charge in [-0.2, -0.15) is 4.98 Å². The number of anilines is 2. The van der Waals surface area contributed by atoms with Gasteiger partial charge in [0.25, 0.3) is 5.89 Å². The number of nitrogens with one attached hydrogen (secondary N) is 3. The summed E-state index contributed by atoms with van der Waals surface area (Å²) in [6, 6.07) is 12.8. The smallest absolute Gasteiger partial charge is 0.319 e. The summed E-state index contributed by atoms with van der Waals surface area (Å²) in [6.07, 6.45) is 4.77. The van der Waals surface area contributed by atoms with Gasteiger partial charge in [-0.05, 0) is 49.6 Å². The highest BCUT2D eigenvalue weighted by Crippen LogP contribution is 2.38. The average molecular weight is 378 g/mol. The normalized spacial score (nSPS) is 13.1. The van der Waals surface area contributed by atoms with Gasteiger partial charge in [0.1, 0.15) is 5.82 Å². The van der Waals surface area contributed by atoms with Crippen LogP contribution < -0.4 is 16.0 Å². The number of pyridine rings is 1. The third-order valence-corrected chi connectivity index (χ3v) is 4.36. The Morgan fingerprint density at radius 1 is 1.14 bits per heavy atom. The topological polar surface area (TPSA) is 105 Å². The van der Waals surface area contributed by atoms with E-state index < -0.39 is 0 Å². The van der Waals surface area contributed by atoms with Crippen LogP contribution in [0.1, 0.15) is 31.0 Å². The van der Waals surface area contributed by atoms with Gasteiger partial charge in [-0.15, -0.1) is 0 Å². The van der Waals surface area contributed by atoms with E-state index in [1.165, 1.54) is 0 Å². The van der Waals surface area contributed by atoms with Gasteiger partial charge in [-0.25, -0.2) is 9.78 Å². The number of carbonyl (C=O) groups excluding carboxylic acids is 1. The molecule has 0 aliphatic heterocycles. The van der Waals surface area contributed by atoms with Gasteiger partial charge in [-0.3, -0.25) is 0 Å². The van der Waals surface area contributed by atoms with Crippen LogP contribution in [0.15, 0.2) is 53.2 Å². The Kier molecular flexibility index (Phi) is 5.46. The van der Waals surface area contributed by atoms with E-state index in [0.29, 0.717) is 24.0 Å². The van der Waals surface area contributed by atoms with Crippen molar-refractivity contribution in [3.05, 3.63) is 54.5 Å². The second kappa shape index (κ2) is 8.51. The van der Waals surface area contributed by atoms with Crippen molar-refractivity contribution in [1.82, 2.24) is 20.4 Å². The molecule has 144 valence electrons. The summed E-state index contributed by atoms with van der Waals surface area (Å²) >= 11 is 0. The minimum absolute atomic E-state index is 0.251. The van der Waals surface area contributed by atoms with Crippen LogP contribution in [0, 0.1) is 0 Å². The van der Waals surface area contributed by atoms with Crippen LogP contribution in [0.5, 0.6) is 0 Å². The number of nitrogens with zero attached hydrogens (tertiary/aromatic N) is 3. The van der Waals surface area contributed by atoms with Crippen molar-refractivity contribution in [2.75, 3.05) is 23.7 Å². The molecule has 1 aliphatic rings. The summed E-state index contributed by atoms with van der Waals surface area (Å²) in [7, 11) is 0. The average Bonchev–Trinajstić information content (AvgIpc) is 3.45. The summed E-state index contributed by atoms with van der Waals surface area (Å²) in [5.41, 5.74) is 1.46. The van der Waals surface area contributed by atoms with Crippen molar-refractivity contribution in [2.45, 2.75) is 25.2 Å². The first kappa shape index (κ1) is 18.0. The third-order valence-electron chi connectivity index (χ3n) is 4.36. The van der Waals surface area contributed by atoms with Crippen molar-refractivity contribution in [1.29, 1.82) is 0 Å². The van der Waals surface area contributed by atoms with Gasteiger partial charge in [0.15, 0.2) is 5.82 Å². The molecule has 8 heteroatoms. The van der Waals surface area contributed by atoms with Gasteiger partial charge in [-0.1, -0.05) is 17.3 Å². The quantitative estimate of drug-likeness (QED) is 0.517. The van der Waals surface area contributed by atoms with Gasteiger partial charge < -0.3 is 20.5 Å². The summed E-state index contributed by atoms with van der Waals surface area (Å²) < 4.78 is 5.34. The molecule has 1 aliphatic carbocycles. The molecule has 0 spiro atoms. The molecule has 2 amide bonds. The highest BCUT2D eigenvalue weighted by molar-refractivity contribution is 5.89. The zero-order valence-corrected chi connectivity index (χ0v) is 15.4. The molecule has 3 N–H and O–H groups in total. The number of rotatable bonds is 8. The summed E-state index contributed by atoms with van der Waals surface area (Å²) in [6.45, 7) is 1.28. The Morgan fingerprint density at radius 2 is 2.07 bits per heavy atom. The molecule has 0 bridgehead atoms. The molecule has 1 aromatic carbocycles. The minimum Gasteiger partial charge on any atom is -0.370 e. The third kappa shape index (κ3) is 4.85. The lowest BCUT2D eigenvalue weighted by Crippen LogP contribution is -2.30. The van der Waals surface area contributed by atoms with Crippen LogP contribution in [0.4, 0.5) is 16.3 Å². The Bertz CT molecular complexity index is 923. The van der Waals surface area contributed by atoms with Crippen LogP contribution in [0.3, 0.4) is 0 Å². The van der Waals surface area contributed by atoms with Crippen LogP contribution in [-0.2, 0) is 0 Å². The first-order valence-corrected chi connectivity index (χ1v) is 9.42. The molecule has 3 aromatic rings. The molecule has 0 radical (unpaired) electrons. The van der Waals surface area contributed by atoms with Gasteiger partial charge in [0.2, 0.25) is 0 Å². The maximum Gasteiger partial charge on any atom is 0.319 e. The van der Waals surface area contributed by atoms with Gasteiger partial charge in [0.05, 0.1) is 0 Å². The Balaban J connectivity index is 1.22. The number of carbonyl (C=O) groups is 1. The Labute approximate surface area is 162 Å². The van der Waals surface area contributed by atoms with Crippen molar-refractivity contribution >= 4 is 17.5 Å². The zero-order valence-electron chi connectivity index (χ0n) is 15.4. The SMILES string of the molecule is O=C(NCCCNc1ccccn1)Nc1cccc(-c2nc(C3CC3)no2)c1. The van der Waals surface area contributed by atoms with E-state index in [2.05, 4.69) is 31.1 Å². The van der Waals surface area contributed by atoms with Crippen molar-refractivity contribution in [3.8, 4) is 11.5 Å². The minimum atomic E-state index is -0.251. The zero-order chi connectivity index (χ0) is 19.2. The van der Waals surface area contributed by atoms with E-state index in [1.54, 1.807) is 6.20 Å². The highest BCUT2D eigenvalue weighted by atomic mass is 16.5. The van der Waals surface area contributed by atoms with Crippen molar-refractivity contribution in [2.24, 2.45) is 0 Å². The van der Waals surface area contributed by atoms with Crippen molar-refractivity contribution < 1.29 is 9.32 Å². The molecule has 2 aromatic heterocycles. The van der Waals surface area contributed by atoms with Gasteiger partial charge in [0, 0.05) is 36.5 Å². The fourth-order valence-electron chi connectivity index (χ4n) is 2.74. The second-order valence-corrected chi connectivity index (χ2v) is 6.69. The number of urea groups is 1. The largest absolute Gasteiger partial charge is 0.370 e. The maximum atomic E-state index is 12.1. The highest BCUT2D eigenvalue weighted by Gasteiger charge is 2.29. The summed E-state index contributed by atoms with van der Waals surface area (Å²) in [4.78, 5) is 20.7. The molecule has 0 atom stereocenters.